The highest BCUT2D eigenvalue weighted by atomic mass is 32.2. The zero-order valence-electron chi connectivity index (χ0n) is 18.5. The minimum Gasteiger partial charge on any atom is -0.508 e. The molecule has 0 aromatic heterocycles. The lowest BCUT2D eigenvalue weighted by atomic mass is 9.85. The van der Waals surface area contributed by atoms with Crippen molar-refractivity contribution in [3.63, 3.8) is 0 Å². The molecule has 0 bridgehead atoms. The van der Waals surface area contributed by atoms with E-state index in [0.717, 1.165) is 5.56 Å². The topological polar surface area (TPSA) is 20.2 Å². The molecule has 4 rings (SSSR count). The summed E-state index contributed by atoms with van der Waals surface area (Å²) in [5, 5.41) is 14.0. The van der Waals surface area contributed by atoms with E-state index in [9.17, 15) is 5.11 Å². The molecular formula is C24H34OS2Si. The van der Waals surface area contributed by atoms with Gasteiger partial charge in [-0.05, 0) is 64.1 Å². The highest BCUT2D eigenvalue weighted by molar-refractivity contribution is 8.05. The zero-order chi connectivity index (χ0) is 20.6. The van der Waals surface area contributed by atoms with Crippen molar-refractivity contribution in [1.82, 2.24) is 0 Å². The number of phenols is 1. The van der Waals surface area contributed by atoms with Crippen molar-refractivity contribution >= 4 is 36.8 Å². The zero-order valence-corrected chi connectivity index (χ0v) is 21.1. The van der Waals surface area contributed by atoms with Gasteiger partial charge in [-0.25, -0.2) is 0 Å². The van der Waals surface area contributed by atoms with Gasteiger partial charge in [0.25, 0.3) is 0 Å². The Kier molecular flexibility index (Phi) is 4.96. The lowest BCUT2D eigenvalue weighted by Gasteiger charge is -2.38. The lowest BCUT2D eigenvalue weighted by Crippen LogP contribution is -2.51. The van der Waals surface area contributed by atoms with Crippen LogP contribution in [0, 0.1) is 18.8 Å². The van der Waals surface area contributed by atoms with E-state index >= 15 is 0 Å². The molecule has 2 aliphatic heterocycles. The van der Waals surface area contributed by atoms with Crippen LogP contribution < -0.4 is 5.19 Å². The van der Waals surface area contributed by atoms with Crippen LogP contribution in [0.5, 0.6) is 5.75 Å². The average Bonchev–Trinajstić information content (AvgIpc) is 3.17. The fourth-order valence-corrected chi connectivity index (χ4v) is 14.8. The predicted molar refractivity (Wildman–Crippen MR) is 130 cm³/mol. The summed E-state index contributed by atoms with van der Waals surface area (Å²) in [5.41, 5.74) is 3.01. The highest BCUT2D eigenvalue weighted by Gasteiger charge is 2.59. The Morgan fingerprint density at radius 3 is 1.86 bits per heavy atom. The fraction of sp³-hybridized carbons (Fsp3) is 0.583. The molecule has 1 saturated carbocycles. The van der Waals surface area contributed by atoms with Gasteiger partial charge in [0.1, 0.15) is 5.75 Å². The van der Waals surface area contributed by atoms with Crippen molar-refractivity contribution in [2.24, 2.45) is 11.8 Å². The molecule has 1 nitrogen and oxygen atoms in total. The second-order valence-electron chi connectivity index (χ2n) is 10.6. The molecule has 0 spiro atoms. The van der Waals surface area contributed by atoms with Crippen LogP contribution in [0.2, 0.25) is 18.6 Å². The number of hydrogen-bond acceptors (Lipinski definition) is 3. The Labute approximate surface area is 180 Å². The maximum atomic E-state index is 11.4. The van der Waals surface area contributed by atoms with Crippen molar-refractivity contribution in [3.8, 4) is 5.75 Å². The minimum absolute atomic E-state index is 0.0451. The van der Waals surface area contributed by atoms with Crippen LogP contribution in [0.25, 0.3) is 0 Å². The summed E-state index contributed by atoms with van der Waals surface area (Å²) in [6.45, 7) is 18.4. The van der Waals surface area contributed by atoms with Crippen molar-refractivity contribution in [2.75, 3.05) is 0 Å². The second-order valence-corrected chi connectivity index (χ2v) is 18.1. The maximum absolute atomic E-state index is 11.4. The number of aromatic hydroxyl groups is 1. The van der Waals surface area contributed by atoms with Crippen LogP contribution in [-0.4, -0.2) is 23.7 Å². The van der Waals surface area contributed by atoms with Crippen molar-refractivity contribution in [2.45, 2.75) is 76.1 Å². The van der Waals surface area contributed by atoms with Gasteiger partial charge < -0.3 is 5.11 Å². The second kappa shape index (κ2) is 6.71. The van der Waals surface area contributed by atoms with Gasteiger partial charge in [-0.1, -0.05) is 63.7 Å². The summed E-state index contributed by atoms with van der Waals surface area (Å²) in [6, 6.07) is 4.49. The first-order valence-corrected chi connectivity index (χ1v) is 15.3. The Morgan fingerprint density at radius 2 is 1.39 bits per heavy atom. The predicted octanol–water partition coefficient (Wildman–Crippen LogP) is 6.57. The molecule has 0 radical (unpaired) electrons. The van der Waals surface area contributed by atoms with Crippen molar-refractivity contribution in [3.05, 3.63) is 45.2 Å². The molecule has 4 atom stereocenters. The molecule has 3 aliphatic rings. The number of thioether (sulfide) groups is 2. The van der Waals surface area contributed by atoms with Crippen LogP contribution in [0.1, 0.15) is 45.7 Å². The van der Waals surface area contributed by atoms with E-state index in [1.54, 1.807) is 0 Å². The Morgan fingerprint density at radius 1 is 0.893 bits per heavy atom. The Balaban J connectivity index is 1.82. The molecule has 4 heteroatoms. The third-order valence-corrected chi connectivity index (χ3v) is 14.4. The van der Waals surface area contributed by atoms with E-state index in [1.165, 1.54) is 20.6 Å². The molecule has 1 aliphatic carbocycles. The third kappa shape index (κ3) is 3.14. The van der Waals surface area contributed by atoms with Gasteiger partial charge in [-0.2, -0.15) is 0 Å². The van der Waals surface area contributed by atoms with E-state index in [0.29, 0.717) is 33.6 Å². The molecular weight excluding hydrogens is 396 g/mol. The number of allylic oxidation sites excluding steroid dienone is 4. The Bertz CT molecular complexity index is 845. The van der Waals surface area contributed by atoms with Crippen molar-refractivity contribution in [1.29, 1.82) is 0 Å². The monoisotopic (exact) mass is 430 g/mol. The molecule has 4 unspecified atom stereocenters. The summed E-state index contributed by atoms with van der Waals surface area (Å²) >= 11 is 4.23. The first-order chi connectivity index (χ1) is 12.9. The van der Waals surface area contributed by atoms with E-state index in [1.807, 2.05) is 0 Å². The van der Waals surface area contributed by atoms with E-state index in [4.69, 9.17) is 0 Å². The summed E-state index contributed by atoms with van der Waals surface area (Å²) in [4.78, 5) is 2.99. The van der Waals surface area contributed by atoms with Crippen LogP contribution in [0.4, 0.5) is 0 Å². The van der Waals surface area contributed by atoms with E-state index < -0.39 is 8.07 Å². The molecule has 28 heavy (non-hydrogen) atoms. The molecule has 1 aromatic rings. The number of fused-ring (bicyclic) bond motifs is 3. The summed E-state index contributed by atoms with van der Waals surface area (Å²) in [7, 11) is -1.92. The van der Waals surface area contributed by atoms with Gasteiger partial charge in [0, 0.05) is 10.5 Å². The number of benzene rings is 1. The van der Waals surface area contributed by atoms with Crippen molar-refractivity contribution < 1.29 is 5.11 Å². The van der Waals surface area contributed by atoms with Crippen LogP contribution >= 0.6 is 23.5 Å². The molecule has 152 valence electrons. The molecule has 1 N–H and O–H groups in total. The summed E-state index contributed by atoms with van der Waals surface area (Å²) in [5.74, 6) is 1.92. The van der Waals surface area contributed by atoms with Gasteiger partial charge in [-0.15, -0.1) is 23.5 Å². The fourth-order valence-electron chi connectivity index (χ4n) is 5.71. The summed E-state index contributed by atoms with van der Waals surface area (Å²) in [6.07, 6.45) is 5.09. The quantitative estimate of drug-likeness (QED) is 0.536. The van der Waals surface area contributed by atoms with Crippen LogP contribution in [0.15, 0.2) is 34.1 Å². The average molecular weight is 431 g/mol. The van der Waals surface area contributed by atoms with Crippen LogP contribution in [0.3, 0.4) is 0 Å². The van der Waals surface area contributed by atoms with Gasteiger partial charge >= 0.3 is 0 Å². The number of aryl methyl sites for hydroxylation is 1. The highest BCUT2D eigenvalue weighted by Crippen LogP contribution is 2.64. The first kappa shape index (κ1) is 20.7. The SMILES string of the molecule is CC1=CC2C3C=C(C)SC3C([Si](C)(C)c3cc(C)cc(C(C)(C)C)c3O)C2S1. The van der Waals surface area contributed by atoms with E-state index in [2.05, 4.69) is 102 Å². The number of hydrogen-bond donors (Lipinski definition) is 1. The number of rotatable bonds is 2. The normalized spacial score (nSPS) is 32.2. The van der Waals surface area contributed by atoms with Gasteiger partial charge in [-0.3, -0.25) is 0 Å². The minimum atomic E-state index is -1.92. The smallest absolute Gasteiger partial charge is 0.118 e. The van der Waals surface area contributed by atoms with Crippen LogP contribution in [-0.2, 0) is 5.41 Å². The number of phenolic OH excluding ortho intramolecular Hbond substituents is 1. The molecule has 1 aromatic carbocycles. The lowest BCUT2D eigenvalue weighted by molar-refractivity contribution is 0.450. The van der Waals surface area contributed by atoms with Gasteiger partial charge in [0.15, 0.2) is 0 Å². The molecule has 1 fully saturated rings. The van der Waals surface area contributed by atoms with E-state index in [-0.39, 0.29) is 5.41 Å². The third-order valence-electron chi connectivity index (χ3n) is 7.00. The van der Waals surface area contributed by atoms with Gasteiger partial charge in [0.2, 0.25) is 0 Å². The van der Waals surface area contributed by atoms with Gasteiger partial charge in [0.05, 0.1) is 8.07 Å². The molecule has 0 saturated heterocycles. The standard InChI is InChI=1S/C24H34OS2Si/c1-13-9-18(24(4,5)6)20(25)19(10-13)28(7,8)23-21-16(11-14(2)26-21)17-12-15(3)27-22(17)23/h9-12,16-17,21-23,25H,1-8H3. The Hall–Kier alpha value is -0.583. The molecule has 0 amide bonds. The largest absolute Gasteiger partial charge is 0.508 e. The maximum Gasteiger partial charge on any atom is 0.118 e. The summed E-state index contributed by atoms with van der Waals surface area (Å²) < 4.78 is 0. The first-order valence-electron chi connectivity index (χ1n) is 10.5. The molecule has 2 heterocycles.